The minimum Gasteiger partial charge on any atom is -0.512 e. The van der Waals surface area contributed by atoms with Crippen molar-refractivity contribution in [3.63, 3.8) is 0 Å². The molecule has 1 aliphatic carbocycles. The number of hydrogen-bond donors (Lipinski definition) is 3. The van der Waals surface area contributed by atoms with E-state index in [1.54, 1.807) is 12.4 Å². The molecule has 0 atom stereocenters. The van der Waals surface area contributed by atoms with Gasteiger partial charge in [-0.2, -0.15) is 0 Å². The summed E-state index contributed by atoms with van der Waals surface area (Å²) in [5.41, 5.74) is 31.1. The van der Waals surface area contributed by atoms with Crippen LogP contribution in [-0.2, 0) is 129 Å². The monoisotopic (exact) mass is 2780 g/mol. The first-order valence-corrected chi connectivity index (χ1v) is 48.8. The molecule has 1 aliphatic rings. The van der Waals surface area contributed by atoms with Crippen LogP contribution in [-0.4, -0.2) is 76.9 Å². The maximum atomic E-state index is 10.0. The van der Waals surface area contributed by atoms with Crippen molar-refractivity contribution in [3.05, 3.63) is 455 Å². The van der Waals surface area contributed by atoms with Crippen LogP contribution in [0.3, 0.4) is 0 Å². The molecule has 0 amide bonds. The Labute approximate surface area is 906 Å². The van der Waals surface area contributed by atoms with Gasteiger partial charge in [-0.1, -0.05) is 222 Å². The van der Waals surface area contributed by atoms with Crippen LogP contribution in [0.15, 0.2) is 356 Å². The number of ketones is 3. The van der Waals surface area contributed by atoms with Crippen molar-refractivity contribution in [2.45, 2.75) is 129 Å². The Morgan fingerprint density at radius 2 is 0.880 bits per heavy atom. The molecule has 142 heavy (non-hydrogen) atoms. The van der Waals surface area contributed by atoms with Gasteiger partial charge in [0, 0.05) is 140 Å². The predicted octanol–water partition coefficient (Wildman–Crippen LogP) is 29.3. The van der Waals surface area contributed by atoms with Gasteiger partial charge in [-0.25, -0.2) is 0 Å². The number of fused-ring (bicyclic) bond motifs is 7. The molecule has 0 bridgehead atoms. The number of benzene rings is 12. The molecular weight excluding hydrogens is 2660 g/mol. The van der Waals surface area contributed by atoms with Gasteiger partial charge in [0.25, 0.3) is 0 Å². The van der Waals surface area contributed by atoms with E-state index in [1.165, 1.54) is 153 Å². The summed E-state index contributed by atoms with van der Waals surface area (Å²) in [5.74, 6) is -0.187. The molecule has 19 rings (SSSR count). The van der Waals surface area contributed by atoms with Crippen LogP contribution in [0.1, 0.15) is 103 Å². The second kappa shape index (κ2) is 58.7. The molecule has 0 saturated carbocycles. The normalized spacial score (nSPS) is 10.9. The Kier molecular flexibility index (Phi) is 48.8. The third kappa shape index (κ3) is 36.7. The van der Waals surface area contributed by atoms with Crippen LogP contribution < -0.4 is 5.19 Å². The number of nitrogens with zero attached hydrogens (tertiary/aromatic N) is 7. The molecule has 0 aliphatic heterocycles. The van der Waals surface area contributed by atoms with Crippen molar-refractivity contribution in [1.29, 1.82) is 0 Å². The molecule has 18 aromatic rings. The SMILES string of the molecule is CC(=O)C=C(C)O.CC(=O)C=C(C)O.CC(=O)C=C(C)O.Cc1[c-]c(-c2cc(C)c3ccc(C)cc3n2)cc(C)c1.Cc1[c-]c(-c2ccc3cc([Si](C)(C)C)ccc3n2)cc(C)c1.Cc1cc[c-]c(-c2ncc3ccccc3c2C)c1.[Ir].[Ir].[Ir].[Ir].[Pt+2].[c-]1c(C=Nc2cccc3c2-c2[c-]cccc2CC3)cccc1-c1ccccn1.[c-]1ccccc1-c1cc2ccccc2cn1.[c-]1ccccc1-c1ccccn1. The van der Waals surface area contributed by atoms with Crippen LogP contribution in [0.4, 0.5) is 5.69 Å². The van der Waals surface area contributed by atoms with Gasteiger partial charge in [0.15, 0.2) is 17.3 Å². The fourth-order valence-electron chi connectivity index (χ4n) is 15.2. The summed E-state index contributed by atoms with van der Waals surface area (Å²) in [6, 6.07) is 122. The van der Waals surface area contributed by atoms with E-state index >= 15 is 0 Å². The fraction of sp³-hybridized carbons (Fsp3) is 0.154. The summed E-state index contributed by atoms with van der Waals surface area (Å²) in [4.78, 5) is 62.2. The zero-order valence-electron chi connectivity index (χ0n) is 82.6. The van der Waals surface area contributed by atoms with E-state index in [1.807, 2.05) is 152 Å². The molecule has 3 N–H and O–H groups in total. The molecule has 13 nitrogen and oxygen atoms in total. The minimum absolute atomic E-state index is 0. The molecule has 4 radical (unpaired) electrons. The maximum absolute atomic E-state index is 10.0. The number of carbonyl (C=O) groups excluding carboxylic acids is 3. The van der Waals surface area contributed by atoms with Gasteiger partial charge >= 0.3 is 21.1 Å². The van der Waals surface area contributed by atoms with Gasteiger partial charge in [-0.3, -0.25) is 29.3 Å². The van der Waals surface area contributed by atoms with Gasteiger partial charge in [-0.05, 0) is 172 Å². The van der Waals surface area contributed by atoms with Crippen LogP contribution >= 0.6 is 0 Å². The number of aliphatic hydroxyl groups is 3. The molecule has 12 aromatic carbocycles. The molecule has 6 heterocycles. The second-order valence-corrected chi connectivity index (χ2v) is 39.6. The van der Waals surface area contributed by atoms with E-state index in [0.717, 1.165) is 114 Å². The van der Waals surface area contributed by atoms with Crippen molar-refractivity contribution >= 4 is 85.9 Å². The number of rotatable bonds is 12. The van der Waals surface area contributed by atoms with Gasteiger partial charge in [0.2, 0.25) is 0 Å². The molecule has 0 unspecified atom stereocenters. The van der Waals surface area contributed by atoms with Gasteiger partial charge in [-0.15, -0.1) is 242 Å². The Balaban J connectivity index is 0.000000252. The Bertz CT molecular complexity index is 7210. The Morgan fingerprint density at radius 3 is 1.45 bits per heavy atom. The van der Waals surface area contributed by atoms with E-state index in [2.05, 4.69) is 295 Å². The van der Waals surface area contributed by atoms with Crippen molar-refractivity contribution in [2.24, 2.45) is 4.99 Å². The van der Waals surface area contributed by atoms with E-state index in [-0.39, 0.29) is 136 Å². The van der Waals surface area contributed by atoms with E-state index < -0.39 is 8.07 Å². The predicted molar refractivity (Wildman–Crippen MR) is 569 cm³/mol. The van der Waals surface area contributed by atoms with Gasteiger partial charge in [0.1, 0.15) is 0 Å². The molecular formula is C123H114Ir4N7O6PtSi-5. The third-order valence-electron chi connectivity index (χ3n) is 21.4. The molecule has 19 heteroatoms. The van der Waals surface area contributed by atoms with Crippen LogP contribution in [0.5, 0.6) is 0 Å². The minimum atomic E-state index is -1.28. The van der Waals surface area contributed by atoms with Crippen molar-refractivity contribution in [3.8, 4) is 78.7 Å². The van der Waals surface area contributed by atoms with Crippen LogP contribution in [0, 0.1) is 97.9 Å². The number of hydrogen-bond acceptors (Lipinski definition) is 13. The van der Waals surface area contributed by atoms with E-state index in [0.29, 0.717) is 0 Å². The summed E-state index contributed by atoms with van der Waals surface area (Å²) in [5, 5.41) is 33.9. The largest absolute Gasteiger partial charge is 2.00 e. The summed E-state index contributed by atoms with van der Waals surface area (Å²) in [7, 11) is -1.28. The van der Waals surface area contributed by atoms with Gasteiger partial charge < -0.3 is 35.3 Å². The fourth-order valence-corrected chi connectivity index (χ4v) is 16.4. The number of aliphatic imine (C=N–C) groups is 1. The summed E-state index contributed by atoms with van der Waals surface area (Å²) < 4.78 is 0. The van der Waals surface area contributed by atoms with Crippen molar-refractivity contribution in [2.75, 3.05) is 0 Å². The van der Waals surface area contributed by atoms with E-state index in [9.17, 15) is 14.4 Å². The van der Waals surface area contributed by atoms with E-state index in [4.69, 9.17) is 30.3 Å². The number of aliphatic hydroxyl groups excluding tert-OH is 3. The molecule has 0 saturated heterocycles. The van der Waals surface area contributed by atoms with Crippen molar-refractivity contribution < 1.29 is 131 Å². The standard InChI is InChI=1S/C26H18N2.C20H22NSi.C19H18N.C17H14N.C15H10N.C11H8N.3C5H8O2.4Ir.Pt/c1-2-11-23-20(8-1)14-15-21-9-6-13-25(26(21)23)28-18-19-7-5-10-22(17-19)24-12-3-4-16-27-24;1-14-10-15(2)12-17(11-14)20-8-6-16-13-18(22(3,4)5)7-9-19(16)21-20;1-12-5-6-17-15(4)11-18(20-19(17)10-12)16-8-13(2)7-14(3)9-16;1-12-6-5-8-14(10-12)17-13(2)16-9-4-3-7-15(16)11-18-17;1-2-6-12(7-3-1)15-10-13-8-4-5-9-14(13)11-16-15;1-2-6-10(7-3-1)11-8-4-5-9-12-11;3*1-4(6)3-5(2)7;;;;;/h1-10,12-13,16,18H,14-15H2;6-11,13H,1-5H3;5-8,10-11H,1-4H3;3-7,9-11H,1-2H3;1-6,8-11H;1-6,8-9H;3*3,6H,1-2H3;;;;;/q-2;5*-1;;;;;;;;+2. The summed E-state index contributed by atoms with van der Waals surface area (Å²) in [6.07, 6.45) is 14.9. The quantitative estimate of drug-likeness (QED) is 0.0344. The number of carbonyl (C=O) groups is 3. The zero-order valence-corrected chi connectivity index (χ0v) is 95.4. The molecule has 0 spiro atoms. The average Bonchev–Trinajstić information content (AvgIpc) is 0.786. The van der Waals surface area contributed by atoms with Crippen molar-refractivity contribution in [1.82, 2.24) is 29.9 Å². The van der Waals surface area contributed by atoms with Crippen LogP contribution in [0.25, 0.3) is 122 Å². The zero-order chi connectivity index (χ0) is 98.1. The Hall–Kier alpha value is -12.6. The number of aryl methyl sites for hydroxylation is 10. The summed E-state index contributed by atoms with van der Waals surface area (Å²) >= 11 is 0. The smallest absolute Gasteiger partial charge is 0.512 e. The topological polar surface area (TPSA) is 202 Å². The average molecular weight is 2780 g/mol. The maximum Gasteiger partial charge on any atom is 2.00 e. The number of allylic oxidation sites excluding steroid dienone is 6. The first-order valence-electron chi connectivity index (χ1n) is 45.3. The second-order valence-electron chi connectivity index (χ2n) is 34.6. The number of pyridine rings is 6. The molecule has 6 aromatic heterocycles. The first-order chi connectivity index (χ1) is 65.8. The summed E-state index contributed by atoms with van der Waals surface area (Å²) in [6.45, 7) is 32.5. The van der Waals surface area contributed by atoms with Crippen LogP contribution in [0.2, 0.25) is 19.6 Å². The third-order valence-corrected chi connectivity index (χ3v) is 23.5. The number of aromatic nitrogens is 6. The van der Waals surface area contributed by atoms with Gasteiger partial charge in [0.05, 0.1) is 36.4 Å². The molecule has 732 valence electrons. The Morgan fingerprint density at radius 1 is 0.366 bits per heavy atom. The first kappa shape index (κ1) is 118. The molecule has 0 fully saturated rings.